The topological polar surface area (TPSA) is 54.5 Å². The Hall–Kier alpha value is -1.62. The number of carbonyl (C=O) groups excluding carboxylic acids is 1. The van der Waals surface area contributed by atoms with Crippen molar-refractivity contribution in [1.29, 1.82) is 0 Å². The van der Waals surface area contributed by atoms with E-state index in [2.05, 4.69) is 21.3 Å². The van der Waals surface area contributed by atoms with Crippen LogP contribution in [0, 0.1) is 12.8 Å². The highest BCUT2D eigenvalue weighted by Crippen LogP contribution is 2.23. The zero-order valence-electron chi connectivity index (χ0n) is 11.8. The van der Waals surface area contributed by atoms with Crippen LogP contribution in [-0.4, -0.2) is 48.1 Å². The van der Waals surface area contributed by atoms with Crippen LogP contribution in [0.3, 0.4) is 0 Å². The summed E-state index contributed by atoms with van der Waals surface area (Å²) in [5, 5.41) is 3.38. The van der Waals surface area contributed by atoms with Gasteiger partial charge in [0, 0.05) is 25.7 Å². The number of anilines is 1. The standard InChI is InChI=1S/C15H21N3O2/c1-11-2-3-14(16-8-11)17-9-12-4-6-18(10-12)13-5-7-20-15(13)19/h2-3,8,12-13H,4-7,9-10H2,1H3,(H,16,17)/t12-,13+/m1/s1. The monoisotopic (exact) mass is 275 g/mol. The average molecular weight is 275 g/mol. The first kappa shape index (κ1) is 13.4. The Labute approximate surface area is 119 Å². The van der Waals surface area contributed by atoms with Gasteiger partial charge < -0.3 is 10.1 Å². The fraction of sp³-hybridized carbons (Fsp3) is 0.600. The molecule has 5 heteroatoms. The number of likely N-dealkylation sites (tertiary alicyclic amines) is 1. The summed E-state index contributed by atoms with van der Waals surface area (Å²) in [6, 6.07) is 4.07. The molecule has 2 saturated heterocycles. The maximum atomic E-state index is 11.6. The van der Waals surface area contributed by atoms with Crippen molar-refractivity contribution in [3.63, 3.8) is 0 Å². The van der Waals surface area contributed by atoms with Gasteiger partial charge in [0.05, 0.1) is 6.61 Å². The summed E-state index contributed by atoms with van der Waals surface area (Å²) < 4.78 is 5.05. The van der Waals surface area contributed by atoms with E-state index in [9.17, 15) is 4.79 Å². The van der Waals surface area contributed by atoms with E-state index >= 15 is 0 Å². The maximum Gasteiger partial charge on any atom is 0.323 e. The summed E-state index contributed by atoms with van der Waals surface area (Å²) in [7, 11) is 0. The molecule has 5 nitrogen and oxygen atoms in total. The molecule has 2 atom stereocenters. The molecule has 20 heavy (non-hydrogen) atoms. The van der Waals surface area contributed by atoms with Crippen LogP contribution in [0.25, 0.3) is 0 Å². The maximum absolute atomic E-state index is 11.6. The van der Waals surface area contributed by atoms with E-state index in [1.165, 1.54) is 5.56 Å². The van der Waals surface area contributed by atoms with E-state index in [0.717, 1.165) is 38.3 Å². The normalized spacial score (nSPS) is 26.8. The lowest BCUT2D eigenvalue weighted by molar-refractivity contribution is -0.142. The van der Waals surface area contributed by atoms with Crippen molar-refractivity contribution in [3.05, 3.63) is 23.9 Å². The molecule has 0 aromatic carbocycles. The van der Waals surface area contributed by atoms with Gasteiger partial charge in [0.1, 0.15) is 11.9 Å². The fourth-order valence-corrected chi connectivity index (χ4v) is 2.95. The van der Waals surface area contributed by atoms with Crippen molar-refractivity contribution in [2.24, 2.45) is 5.92 Å². The van der Waals surface area contributed by atoms with Gasteiger partial charge >= 0.3 is 5.97 Å². The first-order valence-electron chi connectivity index (χ1n) is 7.29. The van der Waals surface area contributed by atoms with E-state index in [-0.39, 0.29) is 12.0 Å². The van der Waals surface area contributed by atoms with E-state index in [4.69, 9.17) is 4.74 Å². The lowest BCUT2D eigenvalue weighted by atomic mass is 10.1. The molecule has 0 bridgehead atoms. The molecule has 2 aliphatic rings. The predicted octanol–water partition coefficient (Wildman–Crippen LogP) is 1.44. The van der Waals surface area contributed by atoms with Crippen LogP contribution in [0.2, 0.25) is 0 Å². The van der Waals surface area contributed by atoms with Gasteiger partial charge in [0.15, 0.2) is 0 Å². The van der Waals surface area contributed by atoms with Crippen molar-refractivity contribution < 1.29 is 9.53 Å². The third-order valence-electron chi connectivity index (χ3n) is 4.15. The Balaban J connectivity index is 1.48. The van der Waals surface area contributed by atoms with Gasteiger partial charge in [-0.2, -0.15) is 0 Å². The number of rotatable bonds is 4. The molecule has 0 unspecified atom stereocenters. The highest BCUT2D eigenvalue weighted by molar-refractivity contribution is 5.77. The van der Waals surface area contributed by atoms with Gasteiger partial charge in [-0.1, -0.05) is 6.07 Å². The molecule has 3 heterocycles. The molecular weight excluding hydrogens is 254 g/mol. The molecule has 1 aromatic rings. The number of aryl methyl sites for hydroxylation is 1. The molecule has 0 spiro atoms. The van der Waals surface area contributed by atoms with E-state index in [1.54, 1.807) is 0 Å². The highest BCUT2D eigenvalue weighted by atomic mass is 16.5. The lowest BCUT2D eigenvalue weighted by Gasteiger charge is -2.20. The van der Waals surface area contributed by atoms with Gasteiger partial charge in [-0.3, -0.25) is 9.69 Å². The van der Waals surface area contributed by atoms with Crippen LogP contribution in [0.4, 0.5) is 5.82 Å². The second-order valence-corrected chi connectivity index (χ2v) is 5.72. The highest BCUT2D eigenvalue weighted by Gasteiger charge is 2.36. The minimum absolute atomic E-state index is 0.00231. The average Bonchev–Trinajstić information content (AvgIpc) is 3.06. The molecule has 3 rings (SSSR count). The number of pyridine rings is 1. The first-order chi connectivity index (χ1) is 9.72. The minimum atomic E-state index is -0.0428. The van der Waals surface area contributed by atoms with Gasteiger partial charge in [-0.25, -0.2) is 4.98 Å². The van der Waals surface area contributed by atoms with Crippen LogP contribution in [0.1, 0.15) is 18.4 Å². The quantitative estimate of drug-likeness (QED) is 0.843. The Kier molecular flexibility index (Phi) is 3.87. The summed E-state index contributed by atoms with van der Waals surface area (Å²) in [6.45, 7) is 5.49. The number of ether oxygens (including phenoxy) is 1. The van der Waals surface area contributed by atoms with E-state index in [0.29, 0.717) is 12.5 Å². The molecule has 2 fully saturated rings. The number of hydrogen-bond donors (Lipinski definition) is 1. The molecule has 0 radical (unpaired) electrons. The molecule has 0 amide bonds. The number of carbonyl (C=O) groups is 1. The zero-order valence-corrected chi connectivity index (χ0v) is 11.8. The summed E-state index contributed by atoms with van der Waals surface area (Å²) in [6.07, 6.45) is 3.85. The molecule has 0 aliphatic carbocycles. The molecular formula is C15H21N3O2. The third-order valence-corrected chi connectivity index (χ3v) is 4.15. The molecule has 0 saturated carbocycles. The fourth-order valence-electron chi connectivity index (χ4n) is 2.95. The predicted molar refractivity (Wildman–Crippen MR) is 76.5 cm³/mol. The Morgan fingerprint density at radius 3 is 3.05 bits per heavy atom. The van der Waals surface area contributed by atoms with Crippen LogP contribution in [0.15, 0.2) is 18.3 Å². The van der Waals surface area contributed by atoms with E-state index < -0.39 is 0 Å². The van der Waals surface area contributed by atoms with Crippen LogP contribution < -0.4 is 5.32 Å². The van der Waals surface area contributed by atoms with Crippen molar-refractivity contribution >= 4 is 11.8 Å². The molecule has 108 valence electrons. The zero-order chi connectivity index (χ0) is 13.9. The molecule has 1 N–H and O–H groups in total. The van der Waals surface area contributed by atoms with Crippen LogP contribution in [0.5, 0.6) is 0 Å². The lowest BCUT2D eigenvalue weighted by Crippen LogP contribution is -2.37. The number of hydrogen-bond acceptors (Lipinski definition) is 5. The van der Waals surface area contributed by atoms with Gasteiger partial charge in [-0.15, -0.1) is 0 Å². The SMILES string of the molecule is Cc1ccc(NC[C@H]2CCN([C@H]3CCOC3=O)C2)nc1. The largest absolute Gasteiger partial charge is 0.464 e. The summed E-state index contributed by atoms with van der Waals surface area (Å²) in [5.41, 5.74) is 1.17. The summed E-state index contributed by atoms with van der Waals surface area (Å²) >= 11 is 0. The van der Waals surface area contributed by atoms with Crippen LogP contribution >= 0.6 is 0 Å². The summed E-state index contributed by atoms with van der Waals surface area (Å²) in [5.74, 6) is 1.46. The van der Waals surface area contributed by atoms with E-state index in [1.807, 2.05) is 19.2 Å². The number of esters is 1. The Morgan fingerprint density at radius 1 is 1.45 bits per heavy atom. The third kappa shape index (κ3) is 2.93. The van der Waals surface area contributed by atoms with Crippen molar-refractivity contribution in [1.82, 2.24) is 9.88 Å². The molecule has 2 aliphatic heterocycles. The second kappa shape index (κ2) is 5.79. The van der Waals surface area contributed by atoms with Crippen molar-refractivity contribution in [2.45, 2.75) is 25.8 Å². The Morgan fingerprint density at radius 2 is 2.35 bits per heavy atom. The second-order valence-electron chi connectivity index (χ2n) is 5.72. The van der Waals surface area contributed by atoms with Gasteiger partial charge in [0.25, 0.3) is 0 Å². The number of nitrogens with one attached hydrogen (secondary N) is 1. The number of aromatic nitrogens is 1. The van der Waals surface area contributed by atoms with Crippen molar-refractivity contribution in [2.75, 3.05) is 31.6 Å². The number of cyclic esters (lactones) is 1. The summed E-state index contributed by atoms with van der Waals surface area (Å²) in [4.78, 5) is 18.2. The first-order valence-corrected chi connectivity index (χ1v) is 7.29. The Bertz CT molecular complexity index is 475. The smallest absolute Gasteiger partial charge is 0.323 e. The van der Waals surface area contributed by atoms with Gasteiger partial charge in [-0.05, 0) is 37.4 Å². The molecule has 1 aromatic heterocycles. The van der Waals surface area contributed by atoms with Crippen molar-refractivity contribution in [3.8, 4) is 0 Å². The van der Waals surface area contributed by atoms with Crippen LogP contribution in [-0.2, 0) is 9.53 Å². The minimum Gasteiger partial charge on any atom is -0.464 e. The van der Waals surface area contributed by atoms with Gasteiger partial charge in [0.2, 0.25) is 0 Å². The number of nitrogens with zero attached hydrogens (tertiary/aromatic N) is 2.